The molecule has 0 radical (unpaired) electrons. The van der Waals surface area contributed by atoms with Gasteiger partial charge in [-0.05, 0) is 37.1 Å². The number of rotatable bonds is 6. The van der Waals surface area contributed by atoms with Crippen LogP contribution in [0.4, 0.5) is 0 Å². The zero-order valence-corrected chi connectivity index (χ0v) is 15.1. The molecule has 1 heterocycles. The number of cyclic esters (lactones) is 1. The van der Waals surface area contributed by atoms with Crippen LogP contribution in [-0.4, -0.2) is 26.1 Å². The van der Waals surface area contributed by atoms with Crippen LogP contribution in [0.25, 0.3) is 6.08 Å². The van der Waals surface area contributed by atoms with Crippen LogP contribution in [0.1, 0.15) is 23.1 Å². The Bertz CT molecular complexity index is 883. The summed E-state index contributed by atoms with van der Waals surface area (Å²) in [4.78, 5) is 16.4. The summed E-state index contributed by atoms with van der Waals surface area (Å²) in [5.74, 6) is 1.28. The Balaban J connectivity index is 1.76. The van der Waals surface area contributed by atoms with E-state index in [2.05, 4.69) is 30.1 Å². The maximum absolute atomic E-state index is 12.1. The van der Waals surface area contributed by atoms with Gasteiger partial charge in [-0.25, -0.2) is 9.79 Å². The zero-order chi connectivity index (χ0) is 18.5. The summed E-state index contributed by atoms with van der Waals surface area (Å²) in [6, 6.07) is 13.6. The number of hydrogen-bond donors (Lipinski definition) is 0. The van der Waals surface area contributed by atoms with Crippen molar-refractivity contribution in [1.82, 2.24) is 0 Å². The molecule has 0 bridgehead atoms. The minimum atomic E-state index is -0.442. The minimum absolute atomic E-state index is 0.271. The Morgan fingerprint density at radius 3 is 2.65 bits per heavy atom. The molecule has 0 N–H and O–H groups in total. The number of esters is 1. The molecule has 0 aromatic heterocycles. The highest BCUT2D eigenvalue weighted by Crippen LogP contribution is 2.28. The molecule has 134 valence electrons. The van der Waals surface area contributed by atoms with Gasteiger partial charge in [0.1, 0.15) is 11.5 Å². The van der Waals surface area contributed by atoms with E-state index in [-0.39, 0.29) is 5.70 Å². The highest BCUT2D eigenvalue weighted by Gasteiger charge is 2.23. The fourth-order valence-corrected chi connectivity index (χ4v) is 2.76. The van der Waals surface area contributed by atoms with Crippen molar-refractivity contribution in [3.8, 4) is 11.5 Å². The van der Waals surface area contributed by atoms with Crippen LogP contribution in [0.15, 0.2) is 53.2 Å². The van der Waals surface area contributed by atoms with Crippen LogP contribution in [0.5, 0.6) is 11.5 Å². The average molecular weight is 351 g/mol. The first kappa shape index (κ1) is 17.7. The number of carbonyl (C=O) groups is 1. The second kappa shape index (κ2) is 7.87. The third-order valence-corrected chi connectivity index (χ3v) is 4.11. The smallest absolute Gasteiger partial charge is 0.363 e. The Hall–Kier alpha value is -3.08. The molecule has 3 rings (SSSR count). The van der Waals surface area contributed by atoms with E-state index in [1.54, 1.807) is 32.4 Å². The van der Waals surface area contributed by atoms with Crippen molar-refractivity contribution in [2.75, 3.05) is 14.2 Å². The lowest BCUT2D eigenvalue weighted by Crippen LogP contribution is -2.05. The van der Waals surface area contributed by atoms with Crippen molar-refractivity contribution >= 4 is 17.9 Å². The van der Waals surface area contributed by atoms with Gasteiger partial charge < -0.3 is 14.2 Å². The number of hydrogen-bond acceptors (Lipinski definition) is 5. The van der Waals surface area contributed by atoms with E-state index in [9.17, 15) is 4.79 Å². The van der Waals surface area contributed by atoms with Gasteiger partial charge in [0.25, 0.3) is 0 Å². The highest BCUT2D eigenvalue weighted by atomic mass is 16.6. The van der Waals surface area contributed by atoms with E-state index in [0.29, 0.717) is 23.8 Å². The van der Waals surface area contributed by atoms with Crippen molar-refractivity contribution in [2.24, 2.45) is 4.99 Å². The van der Waals surface area contributed by atoms with E-state index in [1.807, 2.05) is 12.1 Å². The number of carbonyl (C=O) groups excluding carboxylic acids is 1. The van der Waals surface area contributed by atoms with Crippen molar-refractivity contribution in [1.29, 1.82) is 0 Å². The quantitative estimate of drug-likeness (QED) is 0.584. The van der Waals surface area contributed by atoms with Crippen molar-refractivity contribution in [2.45, 2.75) is 19.8 Å². The summed E-state index contributed by atoms with van der Waals surface area (Å²) in [5.41, 5.74) is 3.41. The zero-order valence-electron chi connectivity index (χ0n) is 15.1. The molecule has 0 saturated heterocycles. The van der Waals surface area contributed by atoms with Gasteiger partial charge >= 0.3 is 5.97 Å². The molecule has 2 aromatic rings. The maximum atomic E-state index is 12.1. The fourth-order valence-electron chi connectivity index (χ4n) is 2.76. The number of methoxy groups -OCH3 is 2. The van der Waals surface area contributed by atoms with Crippen molar-refractivity contribution in [3.63, 3.8) is 0 Å². The molecule has 5 nitrogen and oxygen atoms in total. The minimum Gasteiger partial charge on any atom is -0.497 e. The Morgan fingerprint density at radius 1 is 1.08 bits per heavy atom. The second-order valence-corrected chi connectivity index (χ2v) is 6.02. The predicted octanol–water partition coefficient (Wildman–Crippen LogP) is 3.94. The molecule has 0 unspecified atom stereocenters. The Morgan fingerprint density at radius 2 is 1.92 bits per heavy atom. The molecule has 0 amide bonds. The molecule has 0 spiro atoms. The lowest BCUT2D eigenvalue weighted by Gasteiger charge is -2.07. The summed E-state index contributed by atoms with van der Waals surface area (Å²) in [6.07, 6.45) is 3.01. The molecule has 1 aliphatic rings. The first-order chi connectivity index (χ1) is 12.6. The van der Waals surface area contributed by atoms with Gasteiger partial charge in [0.05, 0.1) is 14.2 Å². The first-order valence-electron chi connectivity index (χ1n) is 8.38. The third-order valence-electron chi connectivity index (χ3n) is 4.11. The van der Waals surface area contributed by atoms with Crippen LogP contribution in [-0.2, 0) is 16.0 Å². The number of nitrogens with zero attached hydrogens (tertiary/aromatic N) is 1. The Labute approximate surface area is 152 Å². The monoisotopic (exact) mass is 351 g/mol. The number of benzene rings is 2. The van der Waals surface area contributed by atoms with Gasteiger partial charge in [0.2, 0.25) is 0 Å². The molecule has 5 heteroatoms. The van der Waals surface area contributed by atoms with Gasteiger partial charge in [-0.3, -0.25) is 0 Å². The van der Waals surface area contributed by atoms with E-state index < -0.39 is 5.97 Å². The van der Waals surface area contributed by atoms with Gasteiger partial charge in [-0.2, -0.15) is 0 Å². The molecule has 2 aromatic carbocycles. The van der Waals surface area contributed by atoms with Crippen LogP contribution < -0.4 is 9.47 Å². The second-order valence-electron chi connectivity index (χ2n) is 6.02. The van der Waals surface area contributed by atoms with Crippen LogP contribution in [0, 0.1) is 6.92 Å². The van der Waals surface area contributed by atoms with Crippen LogP contribution in [0.3, 0.4) is 0 Å². The molecule has 0 atom stereocenters. The van der Waals surface area contributed by atoms with E-state index in [1.165, 1.54) is 11.1 Å². The van der Waals surface area contributed by atoms with E-state index >= 15 is 0 Å². The number of aliphatic imine (C=N–C) groups is 1. The topological polar surface area (TPSA) is 57.1 Å². The molecular weight excluding hydrogens is 330 g/mol. The predicted molar refractivity (Wildman–Crippen MR) is 101 cm³/mol. The number of ether oxygens (including phenoxy) is 3. The van der Waals surface area contributed by atoms with Gasteiger partial charge in [0.15, 0.2) is 11.6 Å². The van der Waals surface area contributed by atoms with E-state index in [0.717, 1.165) is 12.0 Å². The molecule has 0 aliphatic carbocycles. The lowest BCUT2D eigenvalue weighted by molar-refractivity contribution is -0.130. The average Bonchev–Trinajstić information content (AvgIpc) is 3.00. The summed E-state index contributed by atoms with van der Waals surface area (Å²) < 4.78 is 15.8. The molecule has 1 aliphatic heterocycles. The largest absolute Gasteiger partial charge is 0.497 e. The van der Waals surface area contributed by atoms with Gasteiger partial charge in [0, 0.05) is 18.1 Å². The summed E-state index contributed by atoms with van der Waals surface area (Å²) in [6.45, 7) is 2.06. The molecule has 0 fully saturated rings. The first-order valence-corrected chi connectivity index (χ1v) is 8.38. The SMILES string of the molecule is COc1ccc(/C=C2/N=C(CCc3cccc(C)c3)OC2=O)c(OC)c1. The van der Waals surface area contributed by atoms with Crippen molar-refractivity contribution in [3.05, 3.63) is 64.9 Å². The molecule has 0 saturated carbocycles. The summed E-state index contributed by atoms with van der Waals surface area (Å²) in [7, 11) is 3.16. The standard InChI is InChI=1S/C21H21NO4/c1-14-5-4-6-15(11-14)7-10-20-22-18(21(23)26-20)12-16-8-9-17(24-2)13-19(16)25-3/h4-6,8-9,11-13H,7,10H2,1-3H3/b18-12+. The van der Waals surface area contributed by atoms with Crippen molar-refractivity contribution < 1.29 is 19.0 Å². The Kier molecular flexibility index (Phi) is 5.37. The normalized spacial score (nSPS) is 15.0. The van der Waals surface area contributed by atoms with Crippen LogP contribution in [0.2, 0.25) is 0 Å². The van der Waals surface area contributed by atoms with E-state index in [4.69, 9.17) is 14.2 Å². The lowest BCUT2D eigenvalue weighted by atomic mass is 10.1. The van der Waals surface area contributed by atoms with Gasteiger partial charge in [-0.15, -0.1) is 0 Å². The molecule has 26 heavy (non-hydrogen) atoms. The maximum Gasteiger partial charge on any atom is 0.363 e. The summed E-state index contributed by atoms with van der Waals surface area (Å²) in [5, 5.41) is 0. The summed E-state index contributed by atoms with van der Waals surface area (Å²) >= 11 is 0. The highest BCUT2D eigenvalue weighted by molar-refractivity contribution is 6.07. The third kappa shape index (κ3) is 4.11. The van der Waals surface area contributed by atoms with Gasteiger partial charge in [-0.1, -0.05) is 29.8 Å². The number of aryl methyl sites for hydroxylation is 2. The molecular formula is C21H21NO4. The fraction of sp³-hybridized carbons (Fsp3) is 0.238. The van der Waals surface area contributed by atoms with Crippen LogP contribution >= 0.6 is 0 Å².